The standard InChI is InChI=1S/C24H32NO6P/c1-3-25(32(28,29-2)31-22-17-11-6-12-18-22)19-30-23(26)24(27,20-13-7-4-8-14-20)21-15-9-5-10-16-21/h4,6-8,11-14,17-18,21,27H,3,5,9-10,15-16,19H2,1-2H3. The Labute approximate surface area is 189 Å². The summed E-state index contributed by atoms with van der Waals surface area (Å²) in [6.07, 6.45) is 4.49. The van der Waals surface area contributed by atoms with Gasteiger partial charge in [0.1, 0.15) is 5.75 Å². The van der Waals surface area contributed by atoms with Crippen molar-refractivity contribution in [3.63, 3.8) is 0 Å². The van der Waals surface area contributed by atoms with E-state index in [0.29, 0.717) is 11.3 Å². The summed E-state index contributed by atoms with van der Waals surface area (Å²) in [6, 6.07) is 17.6. The van der Waals surface area contributed by atoms with Crippen LogP contribution in [0, 0.1) is 5.92 Å². The van der Waals surface area contributed by atoms with Crippen LogP contribution in [0.1, 0.15) is 44.6 Å². The minimum atomic E-state index is -3.77. The third-order valence-corrected chi connectivity index (χ3v) is 7.97. The van der Waals surface area contributed by atoms with Crippen molar-refractivity contribution < 1.29 is 28.3 Å². The molecule has 2 atom stereocenters. The van der Waals surface area contributed by atoms with Crippen molar-refractivity contribution >= 4 is 13.7 Å². The molecule has 0 saturated heterocycles. The number of rotatable bonds is 10. The lowest BCUT2D eigenvalue weighted by molar-refractivity contribution is -0.178. The Kier molecular flexibility index (Phi) is 8.49. The van der Waals surface area contributed by atoms with Gasteiger partial charge >= 0.3 is 13.7 Å². The molecule has 2 unspecified atom stereocenters. The Morgan fingerprint density at radius 2 is 1.66 bits per heavy atom. The second kappa shape index (κ2) is 11.1. The van der Waals surface area contributed by atoms with Crippen LogP contribution in [-0.4, -0.2) is 36.1 Å². The first-order valence-electron chi connectivity index (χ1n) is 11.0. The number of ether oxygens (including phenoxy) is 1. The fourth-order valence-electron chi connectivity index (χ4n) is 4.14. The summed E-state index contributed by atoms with van der Waals surface area (Å²) in [5, 5.41) is 11.6. The van der Waals surface area contributed by atoms with Crippen molar-refractivity contribution in [2.45, 2.75) is 44.6 Å². The molecule has 0 aliphatic heterocycles. The Balaban J connectivity index is 1.78. The van der Waals surface area contributed by atoms with Gasteiger partial charge in [-0.3, -0.25) is 4.52 Å². The molecule has 0 amide bonds. The van der Waals surface area contributed by atoms with Gasteiger partial charge in [0.2, 0.25) is 0 Å². The lowest BCUT2D eigenvalue weighted by Gasteiger charge is -2.37. The summed E-state index contributed by atoms with van der Waals surface area (Å²) in [5.41, 5.74) is -1.26. The number of para-hydroxylation sites is 1. The van der Waals surface area contributed by atoms with Crippen LogP contribution in [0.5, 0.6) is 5.75 Å². The SMILES string of the molecule is CCN(COC(=O)C(O)(c1ccccc1)C1CCCCC1)P(=O)(OC)Oc1ccccc1. The smallest absolute Gasteiger partial charge is 0.447 e. The molecule has 0 spiro atoms. The number of nitrogens with zero attached hydrogens (tertiary/aromatic N) is 1. The molecule has 0 bridgehead atoms. The van der Waals surface area contributed by atoms with Gasteiger partial charge in [-0.1, -0.05) is 74.7 Å². The molecule has 0 radical (unpaired) electrons. The van der Waals surface area contributed by atoms with E-state index in [-0.39, 0.29) is 19.2 Å². The number of aliphatic hydroxyl groups is 1. The van der Waals surface area contributed by atoms with E-state index in [2.05, 4.69) is 0 Å². The van der Waals surface area contributed by atoms with Gasteiger partial charge in [-0.25, -0.2) is 9.36 Å². The highest BCUT2D eigenvalue weighted by Gasteiger charge is 2.47. The van der Waals surface area contributed by atoms with Crippen molar-refractivity contribution in [3.8, 4) is 5.75 Å². The van der Waals surface area contributed by atoms with Crippen LogP contribution < -0.4 is 4.52 Å². The maximum Gasteiger partial charge on any atom is 0.463 e. The van der Waals surface area contributed by atoms with Gasteiger partial charge in [0, 0.05) is 19.6 Å². The zero-order valence-electron chi connectivity index (χ0n) is 18.7. The molecule has 2 aromatic carbocycles. The molecule has 32 heavy (non-hydrogen) atoms. The highest BCUT2D eigenvalue weighted by atomic mass is 31.2. The van der Waals surface area contributed by atoms with Crippen LogP contribution in [0.25, 0.3) is 0 Å². The molecule has 1 aliphatic rings. The number of carbonyl (C=O) groups is 1. The first kappa shape index (κ1) is 24.5. The van der Waals surface area contributed by atoms with Crippen LogP contribution in [0.15, 0.2) is 60.7 Å². The fraction of sp³-hybridized carbons (Fsp3) is 0.458. The zero-order valence-corrected chi connectivity index (χ0v) is 19.6. The van der Waals surface area contributed by atoms with Crippen molar-refractivity contribution in [2.75, 3.05) is 20.4 Å². The third-order valence-electron chi connectivity index (χ3n) is 5.97. The average Bonchev–Trinajstić information content (AvgIpc) is 2.85. The maximum atomic E-state index is 13.3. The Hall–Kier alpha value is -2.18. The van der Waals surface area contributed by atoms with E-state index in [1.165, 1.54) is 11.8 Å². The van der Waals surface area contributed by atoms with E-state index in [1.807, 2.05) is 12.1 Å². The molecule has 8 heteroatoms. The van der Waals surface area contributed by atoms with Crippen molar-refractivity contribution in [3.05, 3.63) is 66.2 Å². The molecule has 0 heterocycles. The summed E-state index contributed by atoms with van der Waals surface area (Å²) >= 11 is 0. The maximum absolute atomic E-state index is 13.3. The Bertz CT molecular complexity index is 903. The van der Waals surface area contributed by atoms with Gasteiger partial charge in [0.15, 0.2) is 12.3 Å². The second-order valence-electron chi connectivity index (χ2n) is 7.91. The molecular formula is C24H32NO6P. The van der Waals surface area contributed by atoms with Gasteiger partial charge in [-0.2, -0.15) is 4.67 Å². The van der Waals surface area contributed by atoms with Crippen molar-refractivity contribution in [1.29, 1.82) is 0 Å². The van der Waals surface area contributed by atoms with Crippen LogP contribution in [0.4, 0.5) is 0 Å². The van der Waals surface area contributed by atoms with Gasteiger partial charge in [-0.15, -0.1) is 0 Å². The van der Waals surface area contributed by atoms with Crippen molar-refractivity contribution in [2.24, 2.45) is 5.92 Å². The Morgan fingerprint density at radius 1 is 1.06 bits per heavy atom. The molecule has 1 aliphatic carbocycles. The number of carbonyl (C=O) groups excluding carboxylic acids is 1. The molecule has 174 valence electrons. The summed E-state index contributed by atoms with van der Waals surface area (Å²) in [5.74, 6) is -0.613. The van der Waals surface area contributed by atoms with E-state index in [1.54, 1.807) is 55.5 Å². The number of benzene rings is 2. The van der Waals surface area contributed by atoms with Gasteiger partial charge < -0.3 is 14.4 Å². The first-order valence-corrected chi connectivity index (χ1v) is 12.5. The second-order valence-corrected chi connectivity index (χ2v) is 9.96. The van der Waals surface area contributed by atoms with E-state index >= 15 is 0 Å². The molecule has 2 aromatic rings. The summed E-state index contributed by atoms with van der Waals surface area (Å²) < 4.78 is 31.1. The lowest BCUT2D eigenvalue weighted by atomic mass is 9.73. The van der Waals surface area contributed by atoms with Crippen molar-refractivity contribution in [1.82, 2.24) is 4.67 Å². The highest BCUT2D eigenvalue weighted by molar-refractivity contribution is 7.51. The first-order chi connectivity index (χ1) is 15.4. The van der Waals surface area contributed by atoms with E-state index < -0.39 is 19.3 Å². The Morgan fingerprint density at radius 3 is 2.22 bits per heavy atom. The number of hydrogen-bond donors (Lipinski definition) is 1. The molecule has 0 aromatic heterocycles. The number of hydrogen-bond acceptors (Lipinski definition) is 6. The predicted octanol–water partition coefficient (Wildman–Crippen LogP) is 5.11. The fourth-order valence-corrected chi connectivity index (χ4v) is 5.49. The van der Waals surface area contributed by atoms with Crippen LogP contribution in [0.2, 0.25) is 0 Å². The largest absolute Gasteiger partial charge is 0.463 e. The molecular weight excluding hydrogens is 429 g/mol. The predicted molar refractivity (Wildman–Crippen MR) is 122 cm³/mol. The van der Waals surface area contributed by atoms with Crippen LogP contribution in [-0.2, 0) is 24.2 Å². The van der Waals surface area contributed by atoms with Crippen LogP contribution in [0.3, 0.4) is 0 Å². The topological polar surface area (TPSA) is 85.3 Å². The average molecular weight is 461 g/mol. The lowest BCUT2D eigenvalue weighted by Crippen LogP contribution is -2.46. The molecule has 1 N–H and O–H groups in total. The van der Waals surface area contributed by atoms with Crippen LogP contribution >= 0.6 is 7.75 Å². The minimum Gasteiger partial charge on any atom is -0.447 e. The number of esters is 1. The van der Waals surface area contributed by atoms with E-state index in [4.69, 9.17) is 13.8 Å². The normalized spacial score (nSPS) is 18.5. The summed E-state index contributed by atoms with van der Waals surface area (Å²) in [7, 11) is -2.48. The van der Waals surface area contributed by atoms with Gasteiger partial charge in [0.25, 0.3) is 0 Å². The summed E-state index contributed by atoms with van der Waals surface area (Å²) in [6.45, 7) is 1.67. The molecule has 3 rings (SSSR count). The monoisotopic (exact) mass is 461 g/mol. The highest BCUT2D eigenvalue weighted by Crippen LogP contribution is 2.51. The summed E-state index contributed by atoms with van der Waals surface area (Å²) in [4.78, 5) is 13.3. The molecule has 1 saturated carbocycles. The van der Waals surface area contributed by atoms with E-state index in [9.17, 15) is 14.5 Å². The molecule has 1 fully saturated rings. The van der Waals surface area contributed by atoms with Gasteiger partial charge in [-0.05, 0) is 30.5 Å². The third kappa shape index (κ3) is 5.41. The van der Waals surface area contributed by atoms with Gasteiger partial charge in [0.05, 0.1) is 0 Å². The quantitative estimate of drug-likeness (QED) is 0.299. The zero-order chi connectivity index (χ0) is 23.0. The molecule has 7 nitrogen and oxygen atoms in total. The minimum absolute atomic E-state index is 0.240. The van der Waals surface area contributed by atoms with E-state index in [0.717, 1.165) is 32.1 Å².